The van der Waals surface area contributed by atoms with Crippen LogP contribution in [-0.2, 0) is 14.8 Å². The number of ether oxygens (including phenoxy) is 2. The highest BCUT2D eigenvalue weighted by atomic mass is 32.2. The molecule has 0 radical (unpaired) electrons. The first-order chi connectivity index (χ1) is 16.2. The van der Waals surface area contributed by atoms with Crippen LogP contribution < -0.4 is 14.8 Å². The van der Waals surface area contributed by atoms with Gasteiger partial charge in [-0.3, -0.25) is 4.79 Å². The van der Waals surface area contributed by atoms with Crippen LogP contribution in [0, 0.1) is 19.8 Å². The van der Waals surface area contributed by atoms with E-state index in [2.05, 4.69) is 15.5 Å². The highest BCUT2D eigenvalue weighted by molar-refractivity contribution is 7.89. The lowest BCUT2D eigenvalue weighted by atomic mass is 9.98. The molecule has 1 saturated heterocycles. The van der Waals surface area contributed by atoms with Crippen LogP contribution >= 0.6 is 11.3 Å². The third-order valence-corrected chi connectivity index (χ3v) is 8.81. The van der Waals surface area contributed by atoms with Crippen molar-refractivity contribution in [3.63, 3.8) is 0 Å². The van der Waals surface area contributed by atoms with E-state index in [1.807, 2.05) is 0 Å². The Morgan fingerprint density at radius 1 is 1.21 bits per heavy atom. The summed E-state index contributed by atoms with van der Waals surface area (Å²) in [4.78, 5) is 18.6. The molecule has 3 aromatic rings. The first kappa shape index (κ1) is 24.2. The fourth-order valence-corrected chi connectivity index (χ4v) is 6.91. The second-order valence-corrected chi connectivity index (χ2v) is 11.1. The van der Waals surface area contributed by atoms with Gasteiger partial charge >= 0.3 is 0 Å². The van der Waals surface area contributed by atoms with E-state index >= 15 is 0 Å². The van der Waals surface area contributed by atoms with Crippen molar-refractivity contribution in [3.8, 4) is 22.2 Å². The van der Waals surface area contributed by atoms with Crippen molar-refractivity contribution in [1.29, 1.82) is 0 Å². The number of rotatable bonds is 7. The Labute approximate surface area is 201 Å². The van der Waals surface area contributed by atoms with E-state index in [1.165, 1.54) is 29.9 Å². The molecule has 34 heavy (non-hydrogen) atoms. The van der Waals surface area contributed by atoms with Gasteiger partial charge in [-0.25, -0.2) is 8.42 Å². The zero-order chi connectivity index (χ0) is 24.5. The second-order valence-electron chi connectivity index (χ2n) is 7.93. The average Bonchev–Trinajstić information content (AvgIpc) is 3.44. The Kier molecular flexibility index (Phi) is 6.91. The zero-order valence-electron chi connectivity index (χ0n) is 19.3. The summed E-state index contributed by atoms with van der Waals surface area (Å²) in [6.45, 7) is 3.89. The molecule has 3 heterocycles. The highest BCUT2D eigenvalue weighted by Gasteiger charge is 2.35. The van der Waals surface area contributed by atoms with Crippen molar-refractivity contribution >= 4 is 33.0 Å². The van der Waals surface area contributed by atoms with Crippen LogP contribution in [0.5, 0.6) is 11.5 Å². The van der Waals surface area contributed by atoms with Crippen molar-refractivity contribution in [1.82, 2.24) is 14.4 Å². The largest absolute Gasteiger partial charge is 0.493 e. The molecule has 182 valence electrons. The van der Waals surface area contributed by atoms with E-state index in [-0.39, 0.29) is 17.3 Å². The number of benzene rings is 1. The minimum atomic E-state index is -3.79. The molecule has 1 amide bonds. The molecule has 1 aliphatic rings. The summed E-state index contributed by atoms with van der Waals surface area (Å²) in [5, 5.41) is 6.75. The van der Waals surface area contributed by atoms with Gasteiger partial charge in [0.25, 0.3) is 0 Å². The Balaban J connectivity index is 1.50. The third-order valence-electron chi connectivity index (χ3n) is 5.64. The number of aromatic nitrogens is 2. The summed E-state index contributed by atoms with van der Waals surface area (Å²) in [7, 11) is -0.736. The molecule has 12 heteroatoms. The van der Waals surface area contributed by atoms with Crippen molar-refractivity contribution in [2.75, 3.05) is 32.6 Å². The minimum absolute atomic E-state index is 0.105. The van der Waals surface area contributed by atoms with Crippen molar-refractivity contribution < 1.29 is 27.2 Å². The number of carbonyl (C=O) groups is 1. The standard InChI is InChI=1S/C22H26N4O6S2/c1-13-20(11-19(33-13)21-23-14(2)32-25-21)34(28,29)26-9-5-6-15(12-26)22(27)24-16-7-8-17(30-3)18(10-16)31-4/h7-8,10-11,15H,5-6,9,12H2,1-4H3,(H,24,27)/t15-/m1/s1. The molecule has 0 unspecified atom stereocenters. The summed E-state index contributed by atoms with van der Waals surface area (Å²) < 4.78 is 43.8. The maximum absolute atomic E-state index is 13.4. The SMILES string of the molecule is COc1ccc(NC(=O)[C@@H]2CCCN(S(=O)(=O)c3cc(-c4noc(C)n4)sc3C)C2)cc1OC. The molecule has 0 bridgehead atoms. The fraction of sp³-hybridized carbons (Fsp3) is 0.409. The Bertz CT molecular complexity index is 1300. The minimum Gasteiger partial charge on any atom is -0.493 e. The van der Waals surface area contributed by atoms with Gasteiger partial charge in [-0.15, -0.1) is 11.3 Å². The fourth-order valence-electron chi connectivity index (χ4n) is 3.90. The summed E-state index contributed by atoms with van der Waals surface area (Å²) in [6, 6.07) is 6.66. The lowest BCUT2D eigenvalue weighted by Gasteiger charge is -2.31. The lowest BCUT2D eigenvalue weighted by molar-refractivity contribution is -0.120. The monoisotopic (exact) mass is 506 g/mol. The average molecular weight is 507 g/mol. The van der Waals surface area contributed by atoms with Crippen LogP contribution in [0.3, 0.4) is 0 Å². The normalized spacial score (nSPS) is 16.9. The molecule has 10 nitrogen and oxygen atoms in total. The van der Waals surface area contributed by atoms with Crippen LogP contribution in [0.2, 0.25) is 0 Å². The van der Waals surface area contributed by atoms with E-state index in [9.17, 15) is 13.2 Å². The summed E-state index contributed by atoms with van der Waals surface area (Å²) in [6.07, 6.45) is 1.18. The number of amides is 1. The molecule has 0 aliphatic carbocycles. The smallest absolute Gasteiger partial charge is 0.244 e. The maximum atomic E-state index is 13.4. The molecule has 1 fully saturated rings. The molecule has 4 rings (SSSR count). The van der Waals surface area contributed by atoms with Gasteiger partial charge in [-0.1, -0.05) is 5.16 Å². The maximum Gasteiger partial charge on any atom is 0.244 e. The Hall–Kier alpha value is -2.96. The van der Waals surface area contributed by atoms with Gasteiger partial charge < -0.3 is 19.3 Å². The van der Waals surface area contributed by atoms with Crippen molar-refractivity contribution in [3.05, 3.63) is 35.0 Å². The molecule has 2 aromatic heterocycles. The molecule has 1 N–H and O–H groups in total. The van der Waals surface area contributed by atoms with Crippen molar-refractivity contribution in [2.24, 2.45) is 5.92 Å². The van der Waals surface area contributed by atoms with Crippen molar-refractivity contribution in [2.45, 2.75) is 31.6 Å². The van der Waals surface area contributed by atoms with Crippen LogP contribution in [0.1, 0.15) is 23.6 Å². The summed E-state index contributed by atoms with van der Waals surface area (Å²) in [5.74, 6) is 1.10. The molecule has 1 aliphatic heterocycles. The Morgan fingerprint density at radius 2 is 1.97 bits per heavy atom. The first-order valence-electron chi connectivity index (χ1n) is 10.7. The molecular weight excluding hydrogens is 480 g/mol. The van der Waals surface area contributed by atoms with Gasteiger partial charge in [-0.05, 0) is 38.0 Å². The van der Waals surface area contributed by atoms with Gasteiger partial charge in [0.2, 0.25) is 27.6 Å². The number of nitrogens with one attached hydrogen (secondary N) is 1. The predicted octanol–water partition coefficient (Wildman–Crippen LogP) is 3.47. The predicted molar refractivity (Wildman–Crippen MR) is 127 cm³/mol. The third kappa shape index (κ3) is 4.79. The van der Waals surface area contributed by atoms with E-state index in [4.69, 9.17) is 14.0 Å². The van der Waals surface area contributed by atoms with E-state index < -0.39 is 15.9 Å². The number of nitrogens with zero attached hydrogens (tertiary/aromatic N) is 3. The van der Waals surface area contributed by atoms with Gasteiger partial charge in [0.15, 0.2) is 11.5 Å². The van der Waals surface area contributed by atoms with Crippen LogP contribution in [0.15, 0.2) is 33.7 Å². The van der Waals surface area contributed by atoms with Gasteiger partial charge in [0, 0.05) is 36.6 Å². The van der Waals surface area contributed by atoms with Crippen LogP contribution in [0.25, 0.3) is 10.7 Å². The topological polar surface area (TPSA) is 124 Å². The number of hydrogen-bond acceptors (Lipinski definition) is 9. The molecule has 0 spiro atoms. The number of carbonyl (C=O) groups excluding carboxylic acids is 1. The number of thiophene rings is 1. The molecule has 1 atom stereocenters. The highest BCUT2D eigenvalue weighted by Crippen LogP contribution is 2.35. The Morgan fingerprint density at radius 3 is 2.65 bits per heavy atom. The number of aryl methyl sites for hydroxylation is 2. The van der Waals surface area contributed by atoms with E-state index in [0.29, 0.717) is 58.0 Å². The molecular formula is C22H26N4O6S2. The van der Waals surface area contributed by atoms with Gasteiger partial charge in [0.05, 0.1) is 29.9 Å². The number of hydrogen-bond donors (Lipinski definition) is 1. The van der Waals surface area contributed by atoms with E-state index in [0.717, 1.165) is 0 Å². The first-order valence-corrected chi connectivity index (χ1v) is 12.9. The van der Waals surface area contributed by atoms with Crippen LogP contribution in [-0.4, -0.2) is 56.1 Å². The van der Waals surface area contributed by atoms with Crippen LogP contribution in [0.4, 0.5) is 5.69 Å². The quantitative estimate of drug-likeness (QED) is 0.517. The number of methoxy groups -OCH3 is 2. The number of piperidine rings is 1. The lowest BCUT2D eigenvalue weighted by Crippen LogP contribution is -2.43. The zero-order valence-corrected chi connectivity index (χ0v) is 21.0. The molecule has 1 aromatic carbocycles. The van der Waals surface area contributed by atoms with Gasteiger partial charge in [-0.2, -0.15) is 9.29 Å². The second kappa shape index (κ2) is 9.72. The summed E-state index contributed by atoms with van der Waals surface area (Å²) >= 11 is 1.29. The van der Waals surface area contributed by atoms with E-state index in [1.54, 1.807) is 38.1 Å². The van der Waals surface area contributed by atoms with Gasteiger partial charge in [0.1, 0.15) is 0 Å². The number of anilines is 1. The molecule has 0 saturated carbocycles. The summed E-state index contributed by atoms with van der Waals surface area (Å²) in [5.41, 5.74) is 0.552. The number of sulfonamides is 1.